The summed E-state index contributed by atoms with van der Waals surface area (Å²) in [5, 5.41) is 2.13. The molecule has 38 heavy (non-hydrogen) atoms. The number of pyridine rings is 1. The molecule has 5 rings (SSSR count). The third kappa shape index (κ3) is 5.53. The Balaban J connectivity index is 0.000000786. The van der Waals surface area contributed by atoms with Gasteiger partial charge in [0.1, 0.15) is 5.54 Å². The predicted molar refractivity (Wildman–Crippen MR) is 158 cm³/mol. The fourth-order valence-corrected chi connectivity index (χ4v) is 4.83. The maximum Gasteiger partial charge on any atom is 0.251 e. The van der Waals surface area contributed by atoms with Gasteiger partial charge in [-0.15, -0.1) is 0 Å². The van der Waals surface area contributed by atoms with Crippen molar-refractivity contribution in [3.05, 3.63) is 123 Å². The molecule has 9 heteroatoms. The van der Waals surface area contributed by atoms with Crippen molar-refractivity contribution in [3.63, 3.8) is 0 Å². The van der Waals surface area contributed by atoms with E-state index in [0.717, 1.165) is 38.9 Å². The Hall–Kier alpha value is -3.07. The van der Waals surface area contributed by atoms with Crippen LogP contribution in [0.3, 0.4) is 0 Å². The fraction of sp³-hybridized carbons (Fsp3) is 0.172. The van der Waals surface area contributed by atoms with Gasteiger partial charge in [0.2, 0.25) is 0 Å². The molecule has 1 unspecified atom stereocenters. The van der Waals surface area contributed by atoms with Crippen LogP contribution in [-0.2, 0) is 30.8 Å². The predicted octanol–water partition coefficient (Wildman–Crippen LogP) is 5.49. The molecule has 0 bridgehead atoms. The lowest BCUT2D eigenvalue weighted by Crippen LogP contribution is -2.41. The molecule has 0 saturated carbocycles. The van der Waals surface area contributed by atoms with E-state index in [4.69, 9.17) is 28.9 Å². The third-order valence-corrected chi connectivity index (χ3v) is 6.84. The molecule has 0 aliphatic rings. The lowest BCUT2D eigenvalue weighted by molar-refractivity contribution is 0.596. The van der Waals surface area contributed by atoms with Gasteiger partial charge in [0.05, 0.1) is 36.2 Å². The minimum atomic E-state index is -1.01. The first-order chi connectivity index (χ1) is 18.0. The summed E-state index contributed by atoms with van der Waals surface area (Å²) >= 11 is 11.8. The van der Waals surface area contributed by atoms with E-state index < -0.39 is 16.7 Å². The van der Waals surface area contributed by atoms with Gasteiger partial charge in [0, 0.05) is 35.6 Å². The van der Waals surface area contributed by atoms with E-state index in [1.54, 1.807) is 42.7 Å². The van der Waals surface area contributed by atoms with Gasteiger partial charge in [-0.1, -0.05) is 64.7 Å². The fourth-order valence-electron chi connectivity index (χ4n) is 4.51. The number of imidazole rings is 1. The second-order valence-electron chi connectivity index (χ2n) is 9.14. The van der Waals surface area contributed by atoms with Gasteiger partial charge in [-0.25, -0.2) is 4.98 Å². The summed E-state index contributed by atoms with van der Waals surface area (Å²) in [5.74, 6) is 0. The van der Waals surface area contributed by atoms with Crippen molar-refractivity contribution in [2.24, 2.45) is 19.8 Å². The second kappa shape index (κ2) is 11.4. The van der Waals surface area contributed by atoms with Crippen LogP contribution < -0.4 is 11.3 Å². The number of nitrogens with two attached hydrogens (primary N) is 1. The van der Waals surface area contributed by atoms with Gasteiger partial charge in [-0.05, 0) is 58.7 Å². The van der Waals surface area contributed by atoms with Gasteiger partial charge >= 0.3 is 0 Å². The third-order valence-electron chi connectivity index (χ3n) is 6.36. The Morgan fingerprint density at radius 1 is 0.921 bits per heavy atom. The zero-order valence-corrected chi connectivity index (χ0v) is 23.8. The number of hydrogen-bond donors (Lipinski definition) is 1. The number of aryl methyl sites for hydroxylation is 2. The Labute approximate surface area is 234 Å². The largest absolute Gasteiger partial charge is 0.617 e. The molecular formula is C29H28Cl2N4O2S. The first-order valence-corrected chi connectivity index (χ1v) is 14.4. The number of halogens is 2. The van der Waals surface area contributed by atoms with E-state index in [2.05, 4.69) is 4.98 Å². The first kappa shape index (κ1) is 28.0. The number of aromatic nitrogens is 3. The molecule has 3 aromatic carbocycles. The molecule has 2 aromatic heterocycles. The van der Waals surface area contributed by atoms with Gasteiger partial charge in [0.15, 0.2) is 0 Å². The Morgan fingerprint density at radius 3 is 2.18 bits per heavy atom. The average Bonchev–Trinajstić information content (AvgIpc) is 3.32. The summed E-state index contributed by atoms with van der Waals surface area (Å²) in [6.45, 7) is 0. The van der Waals surface area contributed by atoms with E-state index in [-0.39, 0.29) is 5.56 Å². The van der Waals surface area contributed by atoms with Crippen LogP contribution in [0.2, 0.25) is 10.0 Å². The number of fused-ring (bicyclic) bond motifs is 1. The van der Waals surface area contributed by atoms with Crippen molar-refractivity contribution in [3.8, 4) is 11.1 Å². The highest BCUT2D eigenvalue weighted by Crippen LogP contribution is 2.38. The van der Waals surface area contributed by atoms with Gasteiger partial charge in [0.25, 0.3) is 5.56 Å². The Morgan fingerprint density at radius 2 is 1.58 bits per heavy atom. The smallest absolute Gasteiger partial charge is 0.251 e. The zero-order chi connectivity index (χ0) is 27.6. The van der Waals surface area contributed by atoms with Crippen molar-refractivity contribution < 1.29 is 4.55 Å². The molecule has 0 saturated heterocycles. The molecule has 2 heterocycles. The van der Waals surface area contributed by atoms with Crippen molar-refractivity contribution in [1.82, 2.24) is 14.1 Å². The van der Waals surface area contributed by atoms with Crippen LogP contribution in [0.25, 0.3) is 22.0 Å². The summed E-state index contributed by atoms with van der Waals surface area (Å²) in [4.78, 5) is 17.1. The molecule has 6 nitrogen and oxygen atoms in total. The van der Waals surface area contributed by atoms with E-state index in [9.17, 15) is 9.35 Å². The van der Waals surface area contributed by atoms with Crippen molar-refractivity contribution in [2.75, 3.05) is 12.5 Å². The van der Waals surface area contributed by atoms with Gasteiger partial charge in [-0.3, -0.25) is 4.79 Å². The molecule has 1 atom stereocenters. The minimum absolute atomic E-state index is 0.0985. The van der Waals surface area contributed by atoms with Gasteiger partial charge < -0.3 is 19.4 Å². The lowest BCUT2D eigenvalue weighted by atomic mass is 9.80. The quantitative estimate of drug-likeness (QED) is 0.291. The molecule has 0 aliphatic carbocycles. The summed E-state index contributed by atoms with van der Waals surface area (Å²) in [7, 11) is 3.68. The molecule has 5 aromatic rings. The summed E-state index contributed by atoms with van der Waals surface area (Å²) in [6, 6.07) is 22.6. The molecule has 196 valence electrons. The Bertz CT molecular complexity index is 1640. The molecule has 0 fully saturated rings. The van der Waals surface area contributed by atoms with E-state index >= 15 is 0 Å². The van der Waals surface area contributed by atoms with E-state index in [1.165, 1.54) is 0 Å². The van der Waals surface area contributed by atoms with Crippen molar-refractivity contribution in [1.29, 1.82) is 0 Å². The summed E-state index contributed by atoms with van der Waals surface area (Å²) in [6.07, 6.45) is 6.78. The normalized spacial score (nSPS) is 12.8. The summed E-state index contributed by atoms with van der Waals surface area (Å²) in [5.41, 5.74) is 11.1. The summed E-state index contributed by atoms with van der Waals surface area (Å²) < 4.78 is 13.1. The number of benzene rings is 3. The van der Waals surface area contributed by atoms with E-state index in [1.807, 2.05) is 78.3 Å². The second-order valence-corrected chi connectivity index (χ2v) is 11.5. The monoisotopic (exact) mass is 566 g/mol. The SMILES string of the molecule is C[S+](C)[O-].Cn1cncc1C(N)(c1ccc(Cl)cc1)c1ccc2c(c1)c(-c1cccc(Cl)c1)cc(=O)n2C. The highest BCUT2D eigenvalue weighted by molar-refractivity contribution is 7.89. The van der Waals surface area contributed by atoms with E-state index in [0.29, 0.717) is 10.0 Å². The average molecular weight is 568 g/mol. The molecule has 2 N–H and O–H groups in total. The Kier molecular flexibility index (Phi) is 8.35. The first-order valence-electron chi connectivity index (χ1n) is 11.7. The zero-order valence-electron chi connectivity index (χ0n) is 21.5. The number of rotatable bonds is 4. The highest BCUT2D eigenvalue weighted by atomic mass is 35.5. The molecule has 0 spiro atoms. The maximum atomic E-state index is 12.8. The van der Waals surface area contributed by atoms with Crippen LogP contribution in [0.4, 0.5) is 0 Å². The molecule has 0 amide bonds. The van der Waals surface area contributed by atoms with Crippen molar-refractivity contribution in [2.45, 2.75) is 5.54 Å². The number of hydrogen-bond acceptors (Lipinski definition) is 4. The number of nitrogens with zero attached hydrogens (tertiary/aromatic N) is 3. The van der Waals surface area contributed by atoms with Crippen LogP contribution in [-0.4, -0.2) is 31.2 Å². The van der Waals surface area contributed by atoms with Gasteiger partial charge in [-0.2, -0.15) is 0 Å². The van der Waals surface area contributed by atoms with Crippen LogP contribution in [0.5, 0.6) is 0 Å². The van der Waals surface area contributed by atoms with Crippen molar-refractivity contribution >= 4 is 45.3 Å². The topological polar surface area (TPSA) is 88.9 Å². The highest BCUT2D eigenvalue weighted by Gasteiger charge is 2.35. The maximum absolute atomic E-state index is 12.8. The van der Waals surface area contributed by atoms with Crippen LogP contribution >= 0.6 is 23.2 Å². The standard InChI is InChI=1S/C27H22Cl2N4O.C2H6OS/c1-32-16-31-15-25(32)27(30,18-6-9-20(28)10-7-18)19-8-11-24-23(13-19)22(14-26(34)33(24)2)17-4-3-5-21(29)12-17;1-4(2)3/h3-16H,30H2,1-2H3;1-2H3. The van der Waals surface area contributed by atoms with Crippen LogP contribution in [0.15, 0.2) is 90.1 Å². The molecule has 0 aliphatic heterocycles. The molecular weight excluding hydrogens is 539 g/mol. The lowest BCUT2D eigenvalue weighted by Gasteiger charge is -2.31. The molecule has 0 radical (unpaired) electrons. The van der Waals surface area contributed by atoms with Crippen LogP contribution in [0.1, 0.15) is 16.8 Å². The van der Waals surface area contributed by atoms with Crippen LogP contribution in [0, 0.1) is 0 Å². The minimum Gasteiger partial charge on any atom is -0.617 e.